The summed E-state index contributed by atoms with van der Waals surface area (Å²) in [5, 5.41) is 3.11. The molecule has 2 heterocycles. The van der Waals surface area contributed by atoms with Gasteiger partial charge in [0, 0.05) is 35.9 Å². The number of carbonyl (C=O) groups excluding carboxylic acids is 1. The highest BCUT2D eigenvalue weighted by atomic mass is 32.1. The van der Waals surface area contributed by atoms with Crippen LogP contribution in [-0.2, 0) is 13.6 Å². The van der Waals surface area contributed by atoms with Crippen molar-refractivity contribution in [2.45, 2.75) is 27.3 Å². The predicted molar refractivity (Wildman–Crippen MR) is 82.4 cm³/mol. The third-order valence-corrected chi connectivity index (χ3v) is 4.41. The number of hydrogen-bond donors (Lipinski definition) is 0. The van der Waals surface area contributed by atoms with Crippen LogP contribution in [0.25, 0.3) is 0 Å². The van der Waals surface area contributed by atoms with E-state index in [2.05, 4.69) is 9.55 Å². The molecule has 4 nitrogen and oxygen atoms in total. The van der Waals surface area contributed by atoms with Crippen molar-refractivity contribution in [3.63, 3.8) is 0 Å². The standard InChI is InChI=1S/C15H21N3OS/c1-10-6-14(11(2)18(10)5)15(19)8-17(4)7-13-9-20-12(3)16-13/h6,9H,7-8H2,1-5H3. The number of Topliss-reactive ketones (excluding diaryl/α,β-unsaturated/α-hetero) is 1. The van der Waals surface area contributed by atoms with Gasteiger partial charge in [-0.05, 0) is 33.9 Å². The molecule has 0 bridgehead atoms. The van der Waals surface area contributed by atoms with Gasteiger partial charge >= 0.3 is 0 Å². The van der Waals surface area contributed by atoms with E-state index < -0.39 is 0 Å². The lowest BCUT2D eigenvalue weighted by atomic mass is 10.1. The fourth-order valence-electron chi connectivity index (χ4n) is 2.28. The minimum absolute atomic E-state index is 0.167. The fraction of sp³-hybridized carbons (Fsp3) is 0.467. The molecule has 2 aromatic heterocycles. The van der Waals surface area contributed by atoms with Crippen LogP contribution in [0.1, 0.15) is 32.4 Å². The average molecular weight is 291 g/mol. The number of likely N-dealkylation sites (N-methyl/N-ethyl adjacent to an activating group) is 1. The van der Waals surface area contributed by atoms with Gasteiger partial charge in [0.1, 0.15) is 0 Å². The zero-order valence-electron chi connectivity index (χ0n) is 12.7. The molecule has 5 heteroatoms. The third-order valence-electron chi connectivity index (χ3n) is 3.59. The van der Waals surface area contributed by atoms with Gasteiger partial charge in [-0.2, -0.15) is 0 Å². The quantitative estimate of drug-likeness (QED) is 0.795. The first kappa shape index (κ1) is 14.9. The van der Waals surface area contributed by atoms with Crippen molar-refractivity contribution in [3.05, 3.63) is 39.1 Å². The van der Waals surface area contributed by atoms with Crippen LogP contribution in [0.2, 0.25) is 0 Å². The first-order chi connectivity index (χ1) is 9.38. The molecule has 108 valence electrons. The molecule has 0 unspecified atom stereocenters. The Bertz CT molecular complexity index is 627. The first-order valence-corrected chi connectivity index (χ1v) is 7.52. The van der Waals surface area contributed by atoms with Gasteiger partial charge in [-0.3, -0.25) is 9.69 Å². The van der Waals surface area contributed by atoms with Gasteiger partial charge in [-0.15, -0.1) is 11.3 Å². The smallest absolute Gasteiger partial charge is 0.178 e. The van der Waals surface area contributed by atoms with Crippen molar-refractivity contribution < 1.29 is 4.79 Å². The molecular weight excluding hydrogens is 270 g/mol. The van der Waals surface area contributed by atoms with E-state index in [0.717, 1.165) is 27.7 Å². The lowest BCUT2D eigenvalue weighted by Crippen LogP contribution is -2.26. The Morgan fingerprint density at radius 1 is 1.40 bits per heavy atom. The maximum Gasteiger partial charge on any atom is 0.178 e. The van der Waals surface area contributed by atoms with Gasteiger partial charge in [-0.25, -0.2) is 4.98 Å². The molecule has 0 aliphatic carbocycles. The minimum Gasteiger partial charge on any atom is -0.351 e. The summed E-state index contributed by atoms with van der Waals surface area (Å²) in [5.74, 6) is 0.167. The van der Waals surface area contributed by atoms with Crippen LogP contribution >= 0.6 is 11.3 Å². The molecule has 0 amide bonds. The Labute approximate surface area is 124 Å². The number of carbonyl (C=O) groups is 1. The van der Waals surface area contributed by atoms with E-state index in [9.17, 15) is 4.79 Å². The number of ketones is 1. The molecule has 0 aromatic carbocycles. The summed E-state index contributed by atoms with van der Waals surface area (Å²) in [6.07, 6.45) is 0. The summed E-state index contributed by atoms with van der Waals surface area (Å²) in [7, 11) is 3.95. The van der Waals surface area contributed by atoms with Crippen molar-refractivity contribution >= 4 is 17.1 Å². The molecule has 0 radical (unpaired) electrons. The van der Waals surface area contributed by atoms with Crippen LogP contribution in [0.3, 0.4) is 0 Å². The summed E-state index contributed by atoms with van der Waals surface area (Å²) < 4.78 is 2.05. The monoisotopic (exact) mass is 291 g/mol. The second-order valence-corrected chi connectivity index (χ2v) is 6.36. The molecule has 2 rings (SSSR count). The number of aromatic nitrogens is 2. The maximum atomic E-state index is 12.4. The number of hydrogen-bond acceptors (Lipinski definition) is 4. The van der Waals surface area contributed by atoms with E-state index in [4.69, 9.17) is 0 Å². The molecule has 0 atom stereocenters. The average Bonchev–Trinajstić information content (AvgIpc) is 2.88. The lowest BCUT2D eigenvalue weighted by molar-refractivity contribution is 0.0942. The van der Waals surface area contributed by atoms with Gasteiger partial charge in [0.2, 0.25) is 0 Å². The second kappa shape index (κ2) is 5.89. The predicted octanol–water partition coefficient (Wildman–Crippen LogP) is 2.72. The summed E-state index contributed by atoms with van der Waals surface area (Å²) in [6, 6.07) is 1.97. The molecule has 0 aliphatic heterocycles. The molecule has 20 heavy (non-hydrogen) atoms. The van der Waals surface area contributed by atoms with Crippen molar-refractivity contribution in [1.29, 1.82) is 0 Å². The topological polar surface area (TPSA) is 38.1 Å². The summed E-state index contributed by atoms with van der Waals surface area (Å²) in [4.78, 5) is 18.8. The van der Waals surface area contributed by atoms with Gasteiger partial charge in [0.15, 0.2) is 5.78 Å². The number of aryl methyl sites for hydroxylation is 2. The van der Waals surface area contributed by atoms with Crippen LogP contribution < -0.4 is 0 Å². The highest BCUT2D eigenvalue weighted by molar-refractivity contribution is 7.09. The first-order valence-electron chi connectivity index (χ1n) is 6.64. The van der Waals surface area contributed by atoms with Crippen LogP contribution in [0.15, 0.2) is 11.4 Å². The zero-order valence-corrected chi connectivity index (χ0v) is 13.5. The van der Waals surface area contributed by atoms with E-state index >= 15 is 0 Å². The van der Waals surface area contributed by atoms with Gasteiger partial charge < -0.3 is 4.57 Å². The number of thiazole rings is 1. The Morgan fingerprint density at radius 3 is 2.60 bits per heavy atom. The fourth-order valence-corrected chi connectivity index (χ4v) is 2.89. The van der Waals surface area contributed by atoms with E-state index in [1.54, 1.807) is 11.3 Å². The molecule has 0 saturated heterocycles. The molecule has 2 aromatic rings. The van der Waals surface area contributed by atoms with E-state index in [1.807, 2.05) is 51.2 Å². The van der Waals surface area contributed by atoms with Crippen molar-refractivity contribution in [2.75, 3.05) is 13.6 Å². The Kier molecular flexibility index (Phi) is 4.40. The molecule has 0 fully saturated rings. The van der Waals surface area contributed by atoms with Gasteiger partial charge in [0.05, 0.1) is 17.2 Å². The Morgan fingerprint density at radius 2 is 2.10 bits per heavy atom. The molecule has 0 spiro atoms. The Hall–Kier alpha value is -1.46. The van der Waals surface area contributed by atoms with Crippen LogP contribution in [0, 0.1) is 20.8 Å². The zero-order chi connectivity index (χ0) is 14.9. The van der Waals surface area contributed by atoms with Crippen molar-refractivity contribution in [2.24, 2.45) is 7.05 Å². The molecule has 0 aliphatic rings. The van der Waals surface area contributed by atoms with Crippen molar-refractivity contribution in [3.8, 4) is 0 Å². The Balaban J connectivity index is 2.02. The van der Waals surface area contributed by atoms with E-state index in [-0.39, 0.29) is 5.78 Å². The third kappa shape index (κ3) is 3.16. The number of rotatable bonds is 5. The maximum absolute atomic E-state index is 12.4. The van der Waals surface area contributed by atoms with Crippen molar-refractivity contribution in [1.82, 2.24) is 14.5 Å². The summed E-state index contributed by atoms with van der Waals surface area (Å²) >= 11 is 1.64. The summed E-state index contributed by atoms with van der Waals surface area (Å²) in [6.45, 7) is 7.13. The van der Waals surface area contributed by atoms with Gasteiger partial charge in [0.25, 0.3) is 0 Å². The van der Waals surface area contributed by atoms with E-state index in [0.29, 0.717) is 13.1 Å². The van der Waals surface area contributed by atoms with Crippen LogP contribution in [0.4, 0.5) is 0 Å². The normalized spacial score (nSPS) is 11.3. The van der Waals surface area contributed by atoms with Gasteiger partial charge in [-0.1, -0.05) is 0 Å². The number of nitrogens with zero attached hydrogens (tertiary/aromatic N) is 3. The highest BCUT2D eigenvalue weighted by Crippen LogP contribution is 2.15. The second-order valence-electron chi connectivity index (χ2n) is 5.30. The van der Waals surface area contributed by atoms with Crippen LogP contribution in [0.5, 0.6) is 0 Å². The SMILES string of the molecule is Cc1nc(CN(C)CC(=O)c2cc(C)n(C)c2C)cs1. The lowest BCUT2D eigenvalue weighted by Gasteiger charge is -2.14. The summed E-state index contributed by atoms with van der Waals surface area (Å²) in [5.41, 5.74) is 4.00. The molecule has 0 saturated carbocycles. The minimum atomic E-state index is 0.167. The molecular formula is C15H21N3OS. The van der Waals surface area contributed by atoms with Crippen LogP contribution in [-0.4, -0.2) is 33.8 Å². The van der Waals surface area contributed by atoms with E-state index in [1.165, 1.54) is 0 Å². The highest BCUT2D eigenvalue weighted by Gasteiger charge is 2.16. The largest absolute Gasteiger partial charge is 0.351 e. The molecule has 0 N–H and O–H groups in total.